The van der Waals surface area contributed by atoms with E-state index in [1.54, 1.807) is 11.3 Å². The first-order chi connectivity index (χ1) is 8.11. The molecule has 0 radical (unpaired) electrons. The third-order valence-corrected chi connectivity index (χ3v) is 4.81. The van der Waals surface area contributed by atoms with E-state index in [0.717, 1.165) is 21.5 Å². The molecule has 2 unspecified atom stereocenters. The highest BCUT2D eigenvalue weighted by Gasteiger charge is 2.36. The molecule has 1 N–H and O–H groups in total. The van der Waals surface area contributed by atoms with Crippen molar-refractivity contribution in [2.75, 3.05) is 0 Å². The summed E-state index contributed by atoms with van der Waals surface area (Å²) >= 11 is 5.03. The van der Waals surface area contributed by atoms with E-state index in [1.165, 1.54) is 0 Å². The number of nitrogens with one attached hydrogen (secondary N) is 1. The molecule has 1 aliphatic rings. The standard InChI is InChI=1S/C12H14BrNO2S/c1-2-3-7-8(6-11(15)14-12(7)16)9-4-5-10(13)17-9/h4-5,7-8H,2-3,6H2,1H3,(H,14,15,16). The molecule has 1 aliphatic heterocycles. The van der Waals surface area contributed by atoms with Gasteiger partial charge in [-0.15, -0.1) is 11.3 Å². The zero-order chi connectivity index (χ0) is 12.4. The Morgan fingerprint density at radius 1 is 1.47 bits per heavy atom. The summed E-state index contributed by atoms with van der Waals surface area (Å²) < 4.78 is 1.04. The maximum Gasteiger partial charge on any atom is 0.230 e. The van der Waals surface area contributed by atoms with Gasteiger partial charge in [0.05, 0.1) is 3.79 Å². The molecule has 5 heteroatoms. The van der Waals surface area contributed by atoms with Crippen LogP contribution in [-0.4, -0.2) is 11.8 Å². The van der Waals surface area contributed by atoms with Gasteiger partial charge in [0.1, 0.15) is 0 Å². The van der Waals surface area contributed by atoms with Crippen molar-refractivity contribution in [2.24, 2.45) is 5.92 Å². The van der Waals surface area contributed by atoms with Crippen molar-refractivity contribution in [1.82, 2.24) is 5.32 Å². The van der Waals surface area contributed by atoms with Gasteiger partial charge in [0.25, 0.3) is 0 Å². The second-order valence-corrected chi connectivity index (χ2v) is 6.75. The van der Waals surface area contributed by atoms with E-state index in [-0.39, 0.29) is 23.7 Å². The lowest BCUT2D eigenvalue weighted by Gasteiger charge is -2.29. The van der Waals surface area contributed by atoms with Crippen molar-refractivity contribution < 1.29 is 9.59 Å². The van der Waals surface area contributed by atoms with Crippen molar-refractivity contribution in [1.29, 1.82) is 0 Å². The van der Waals surface area contributed by atoms with Crippen LogP contribution in [-0.2, 0) is 9.59 Å². The van der Waals surface area contributed by atoms with Gasteiger partial charge in [-0.3, -0.25) is 14.9 Å². The van der Waals surface area contributed by atoms with E-state index in [9.17, 15) is 9.59 Å². The highest BCUT2D eigenvalue weighted by Crippen LogP contribution is 2.38. The van der Waals surface area contributed by atoms with Crippen LogP contribution in [0.1, 0.15) is 37.0 Å². The predicted octanol–water partition coefficient (Wildman–Crippen LogP) is 3.06. The minimum Gasteiger partial charge on any atom is -0.296 e. The van der Waals surface area contributed by atoms with Crippen molar-refractivity contribution in [2.45, 2.75) is 32.1 Å². The maximum atomic E-state index is 11.8. The highest BCUT2D eigenvalue weighted by molar-refractivity contribution is 9.11. The van der Waals surface area contributed by atoms with Crippen LogP contribution >= 0.6 is 27.3 Å². The Hall–Kier alpha value is -0.680. The fourth-order valence-electron chi connectivity index (χ4n) is 2.28. The SMILES string of the molecule is CCCC1C(=O)NC(=O)CC1c1ccc(Br)s1. The minimum absolute atomic E-state index is 0.0486. The first-order valence-electron chi connectivity index (χ1n) is 5.70. The molecule has 2 atom stereocenters. The molecule has 2 rings (SSSR count). The smallest absolute Gasteiger partial charge is 0.230 e. The van der Waals surface area contributed by atoms with Crippen LogP contribution in [0.5, 0.6) is 0 Å². The van der Waals surface area contributed by atoms with Gasteiger partial charge >= 0.3 is 0 Å². The van der Waals surface area contributed by atoms with Gasteiger partial charge in [0.2, 0.25) is 11.8 Å². The zero-order valence-electron chi connectivity index (χ0n) is 9.53. The molecule has 92 valence electrons. The maximum absolute atomic E-state index is 11.8. The molecule has 1 aromatic heterocycles. The molecule has 1 fully saturated rings. The summed E-state index contributed by atoms with van der Waals surface area (Å²) in [7, 11) is 0. The van der Waals surface area contributed by atoms with Crippen LogP contribution in [0.4, 0.5) is 0 Å². The third-order valence-electron chi connectivity index (χ3n) is 3.05. The van der Waals surface area contributed by atoms with Gasteiger partial charge in [-0.2, -0.15) is 0 Å². The van der Waals surface area contributed by atoms with Crippen LogP contribution in [0.25, 0.3) is 0 Å². The molecule has 2 amide bonds. The lowest BCUT2D eigenvalue weighted by Crippen LogP contribution is -2.44. The Kier molecular flexibility index (Phi) is 3.99. The van der Waals surface area contributed by atoms with E-state index < -0.39 is 0 Å². The number of hydrogen-bond acceptors (Lipinski definition) is 3. The van der Waals surface area contributed by atoms with E-state index in [2.05, 4.69) is 28.2 Å². The van der Waals surface area contributed by atoms with Crippen LogP contribution < -0.4 is 5.32 Å². The highest BCUT2D eigenvalue weighted by atomic mass is 79.9. The van der Waals surface area contributed by atoms with Crippen molar-refractivity contribution >= 4 is 39.1 Å². The Balaban J connectivity index is 2.26. The number of carbonyl (C=O) groups is 2. The third kappa shape index (κ3) is 2.77. The first kappa shape index (κ1) is 12.8. The van der Waals surface area contributed by atoms with E-state index in [0.29, 0.717) is 6.42 Å². The van der Waals surface area contributed by atoms with Crippen LogP contribution in [0.3, 0.4) is 0 Å². The average Bonchev–Trinajstić information content (AvgIpc) is 2.68. The number of amides is 2. The molecule has 0 spiro atoms. The Bertz CT molecular complexity index is 443. The summed E-state index contributed by atoms with van der Waals surface area (Å²) in [5, 5.41) is 2.44. The van der Waals surface area contributed by atoms with Crippen LogP contribution in [0.15, 0.2) is 15.9 Å². The van der Waals surface area contributed by atoms with Gasteiger partial charge in [0.15, 0.2) is 0 Å². The van der Waals surface area contributed by atoms with Gasteiger partial charge in [-0.25, -0.2) is 0 Å². The minimum atomic E-state index is -0.156. The van der Waals surface area contributed by atoms with Crippen molar-refractivity contribution in [3.05, 3.63) is 20.8 Å². The number of rotatable bonds is 3. The molecular formula is C12H14BrNO2S. The van der Waals surface area contributed by atoms with Crippen molar-refractivity contribution in [3.63, 3.8) is 0 Å². The molecule has 2 heterocycles. The molecule has 0 saturated carbocycles. The van der Waals surface area contributed by atoms with E-state index >= 15 is 0 Å². The number of carbonyl (C=O) groups excluding carboxylic acids is 2. The topological polar surface area (TPSA) is 46.2 Å². The Labute approximate surface area is 113 Å². The zero-order valence-corrected chi connectivity index (χ0v) is 11.9. The molecule has 1 aromatic rings. The summed E-state index contributed by atoms with van der Waals surface area (Å²) in [5.41, 5.74) is 0. The fraction of sp³-hybridized carbons (Fsp3) is 0.500. The normalized spacial score (nSPS) is 24.8. The second-order valence-electron chi connectivity index (χ2n) is 4.26. The van der Waals surface area contributed by atoms with Gasteiger partial charge in [-0.1, -0.05) is 13.3 Å². The molecule has 3 nitrogen and oxygen atoms in total. The molecule has 0 aliphatic carbocycles. The Morgan fingerprint density at radius 2 is 2.24 bits per heavy atom. The summed E-state index contributed by atoms with van der Waals surface area (Å²) in [6.07, 6.45) is 2.21. The largest absolute Gasteiger partial charge is 0.296 e. The quantitative estimate of drug-likeness (QED) is 0.871. The fourth-order valence-corrected chi connectivity index (χ4v) is 3.86. The van der Waals surface area contributed by atoms with Gasteiger partial charge < -0.3 is 0 Å². The summed E-state index contributed by atoms with van der Waals surface area (Å²) in [6, 6.07) is 3.98. The van der Waals surface area contributed by atoms with Crippen LogP contribution in [0, 0.1) is 5.92 Å². The summed E-state index contributed by atoms with van der Waals surface area (Å²) in [6.45, 7) is 2.06. The lowest BCUT2D eigenvalue weighted by molar-refractivity contribution is -0.137. The molecule has 1 saturated heterocycles. The summed E-state index contributed by atoms with van der Waals surface area (Å²) in [5.74, 6) is -0.287. The lowest BCUT2D eigenvalue weighted by atomic mass is 9.81. The number of thiophene rings is 1. The van der Waals surface area contributed by atoms with Crippen molar-refractivity contribution in [3.8, 4) is 0 Å². The first-order valence-corrected chi connectivity index (χ1v) is 7.31. The predicted molar refractivity (Wildman–Crippen MR) is 70.9 cm³/mol. The number of piperidine rings is 1. The second kappa shape index (κ2) is 5.31. The Morgan fingerprint density at radius 3 is 2.82 bits per heavy atom. The average molecular weight is 316 g/mol. The van der Waals surface area contributed by atoms with Gasteiger partial charge in [0, 0.05) is 23.1 Å². The number of hydrogen-bond donors (Lipinski definition) is 1. The number of imide groups is 1. The van der Waals surface area contributed by atoms with E-state index in [4.69, 9.17) is 0 Å². The molecule has 0 aromatic carbocycles. The van der Waals surface area contributed by atoms with Gasteiger partial charge in [-0.05, 0) is 34.5 Å². The molecule has 0 bridgehead atoms. The molecular weight excluding hydrogens is 302 g/mol. The summed E-state index contributed by atoms with van der Waals surface area (Å²) in [4.78, 5) is 24.4. The molecule has 17 heavy (non-hydrogen) atoms. The monoisotopic (exact) mass is 315 g/mol. The number of halogens is 1. The van der Waals surface area contributed by atoms with Crippen LogP contribution in [0.2, 0.25) is 0 Å². The van der Waals surface area contributed by atoms with E-state index in [1.807, 2.05) is 12.1 Å².